The van der Waals surface area contributed by atoms with E-state index in [1.54, 1.807) is 11.5 Å². The van der Waals surface area contributed by atoms with Gasteiger partial charge in [0.1, 0.15) is 10.7 Å². The van der Waals surface area contributed by atoms with Crippen LogP contribution in [0, 0.1) is 6.92 Å². The Bertz CT molecular complexity index is 1160. The van der Waals surface area contributed by atoms with E-state index in [0.717, 1.165) is 43.6 Å². The van der Waals surface area contributed by atoms with Crippen molar-refractivity contribution in [3.05, 3.63) is 62.0 Å². The number of aromatic nitrogens is 2. The van der Waals surface area contributed by atoms with Crippen LogP contribution in [0.2, 0.25) is 0 Å². The average molecular weight is 435 g/mol. The van der Waals surface area contributed by atoms with Crippen LogP contribution in [0.4, 0.5) is 13.2 Å². The quantitative estimate of drug-likeness (QED) is 0.662. The van der Waals surface area contributed by atoms with E-state index in [9.17, 15) is 22.8 Å². The molecular formula is C21H20F3N3O2S. The summed E-state index contributed by atoms with van der Waals surface area (Å²) in [5.41, 5.74) is 0.314. The van der Waals surface area contributed by atoms with E-state index in [2.05, 4.69) is 10.3 Å². The van der Waals surface area contributed by atoms with Crippen molar-refractivity contribution >= 4 is 27.5 Å². The van der Waals surface area contributed by atoms with Crippen LogP contribution in [-0.4, -0.2) is 15.5 Å². The fourth-order valence-corrected chi connectivity index (χ4v) is 4.81. The lowest BCUT2D eigenvalue weighted by molar-refractivity contribution is -0.137. The zero-order valence-corrected chi connectivity index (χ0v) is 17.1. The second kappa shape index (κ2) is 7.86. The zero-order chi connectivity index (χ0) is 21.5. The summed E-state index contributed by atoms with van der Waals surface area (Å²) in [7, 11) is 0. The maximum Gasteiger partial charge on any atom is 0.416 e. The lowest BCUT2D eigenvalue weighted by atomic mass is 10.1. The van der Waals surface area contributed by atoms with Gasteiger partial charge in [0, 0.05) is 19.5 Å². The Kier molecular flexibility index (Phi) is 5.40. The number of alkyl halides is 3. The number of halogens is 3. The number of carbonyl (C=O) groups is 1. The maximum absolute atomic E-state index is 13.0. The number of fused-ring (bicyclic) bond motifs is 2. The number of hydrogen-bond acceptors (Lipinski definition) is 4. The minimum atomic E-state index is -4.39. The first-order chi connectivity index (χ1) is 14.3. The number of aryl methyl sites for hydroxylation is 2. The number of thiophene rings is 1. The Morgan fingerprint density at radius 2 is 1.93 bits per heavy atom. The van der Waals surface area contributed by atoms with Gasteiger partial charge in [-0.1, -0.05) is 18.6 Å². The molecule has 0 atom stereocenters. The fourth-order valence-electron chi connectivity index (χ4n) is 3.70. The second-order valence-electron chi connectivity index (χ2n) is 7.41. The molecule has 0 saturated heterocycles. The van der Waals surface area contributed by atoms with Crippen molar-refractivity contribution in [1.29, 1.82) is 0 Å². The standard InChI is InChI=1S/C21H20F3N3O2S/c1-12-16-19(26-15-5-3-2-4-10-27(15)20(16)29)30-17(12)18(28)25-11-13-6-8-14(9-7-13)21(22,23)24/h6-9H,2-5,10-11H2,1H3,(H,25,28). The normalized spacial score (nSPS) is 14.4. The molecule has 0 unspecified atom stereocenters. The Morgan fingerprint density at radius 1 is 1.20 bits per heavy atom. The van der Waals surface area contributed by atoms with Crippen molar-refractivity contribution in [2.24, 2.45) is 0 Å². The Hall–Kier alpha value is -2.68. The molecule has 9 heteroatoms. The molecule has 3 heterocycles. The molecule has 0 aliphatic carbocycles. The largest absolute Gasteiger partial charge is 0.416 e. The van der Waals surface area contributed by atoms with Gasteiger partial charge < -0.3 is 5.32 Å². The van der Waals surface area contributed by atoms with Crippen LogP contribution in [-0.2, 0) is 25.7 Å². The van der Waals surface area contributed by atoms with Crippen molar-refractivity contribution in [2.75, 3.05) is 0 Å². The molecule has 30 heavy (non-hydrogen) atoms. The van der Waals surface area contributed by atoms with Crippen LogP contribution in [0.25, 0.3) is 10.2 Å². The highest BCUT2D eigenvalue weighted by atomic mass is 32.1. The predicted molar refractivity (Wildman–Crippen MR) is 109 cm³/mol. The monoisotopic (exact) mass is 435 g/mol. The van der Waals surface area contributed by atoms with E-state index in [1.807, 2.05) is 0 Å². The smallest absolute Gasteiger partial charge is 0.347 e. The van der Waals surface area contributed by atoms with E-state index in [0.29, 0.717) is 32.8 Å². The van der Waals surface area contributed by atoms with Crippen molar-refractivity contribution < 1.29 is 18.0 Å². The predicted octanol–water partition coefficient (Wildman–Crippen LogP) is 4.44. The van der Waals surface area contributed by atoms with Crippen LogP contribution in [0.3, 0.4) is 0 Å². The first kappa shape index (κ1) is 20.6. The molecule has 0 saturated carbocycles. The summed E-state index contributed by atoms with van der Waals surface area (Å²) in [6, 6.07) is 4.66. The van der Waals surface area contributed by atoms with Gasteiger partial charge in [-0.3, -0.25) is 14.2 Å². The molecule has 158 valence electrons. The molecule has 0 spiro atoms. The molecule has 2 aromatic heterocycles. The third-order valence-electron chi connectivity index (χ3n) is 5.35. The summed E-state index contributed by atoms with van der Waals surface area (Å²) in [5, 5.41) is 3.21. The number of nitrogens with zero attached hydrogens (tertiary/aromatic N) is 2. The van der Waals surface area contributed by atoms with Crippen molar-refractivity contribution in [1.82, 2.24) is 14.9 Å². The van der Waals surface area contributed by atoms with Crippen LogP contribution in [0.15, 0.2) is 29.1 Å². The van der Waals surface area contributed by atoms with Crippen LogP contribution < -0.4 is 10.9 Å². The molecule has 1 aromatic carbocycles. The van der Waals surface area contributed by atoms with Gasteiger partial charge in [-0.25, -0.2) is 4.98 Å². The average Bonchev–Trinajstić information content (AvgIpc) is 2.87. The van der Waals surface area contributed by atoms with Gasteiger partial charge in [-0.2, -0.15) is 13.2 Å². The third-order valence-corrected chi connectivity index (χ3v) is 6.54. The number of amides is 1. The minimum Gasteiger partial charge on any atom is -0.347 e. The Labute approximate surface area is 174 Å². The first-order valence-electron chi connectivity index (χ1n) is 9.73. The molecule has 1 aliphatic rings. The summed E-state index contributed by atoms with van der Waals surface area (Å²) in [6.45, 7) is 2.47. The number of benzene rings is 1. The maximum atomic E-state index is 13.0. The molecule has 0 bridgehead atoms. The lowest BCUT2D eigenvalue weighted by Crippen LogP contribution is -2.25. The highest BCUT2D eigenvalue weighted by Crippen LogP contribution is 2.30. The van der Waals surface area contributed by atoms with E-state index >= 15 is 0 Å². The third kappa shape index (κ3) is 3.86. The summed E-state index contributed by atoms with van der Waals surface area (Å²) in [4.78, 5) is 31.3. The summed E-state index contributed by atoms with van der Waals surface area (Å²) >= 11 is 1.18. The molecule has 1 amide bonds. The number of hydrogen-bond donors (Lipinski definition) is 1. The highest BCUT2D eigenvalue weighted by Gasteiger charge is 2.30. The number of nitrogens with one attached hydrogen (secondary N) is 1. The van der Waals surface area contributed by atoms with Gasteiger partial charge in [0.05, 0.1) is 15.8 Å². The van der Waals surface area contributed by atoms with Gasteiger partial charge in [-0.15, -0.1) is 11.3 Å². The van der Waals surface area contributed by atoms with Crippen LogP contribution in [0.5, 0.6) is 0 Å². The molecule has 1 N–H and O–H groups in total. The second-order valence-corrected chi connectivity index (χ2v) is 8.41. The molecule has 1 aliphatic heterocycles. The summed E-state index contributed by atoms with van der Waals surface area (Å²) < 4.78 is 39.7. The van der Waals surface area contributed by atoms with Gasteiger partial charge in [0.25, 0.3) is 11.5 Å². The fraction of sp³-hybridized carbons (Fsp3) is 0.381. The van der Waals surface area contributed by atoms with E-state index in [-0.39, 0.29) is 18.0 Å². The van der Waals surface area contributed by atoms with Gasteiger partial charge in [0.2, 0.25) is 0 Å². The van der Waals surface area contributed by atoms with Gasteiger partial charge >= 0.3 is 6.18 Å². The topological polar surface area (TPSA) is 64.0 Å². The van der Waals surface area contributed by atoms with Crippen molar-refractivity contribution in [3.8, 4) is 0 Å². The Balaban J connectivity index is 1.57. The summed E-state index contributed by atoms with van der Waals surface area (Å²) in [5.74, 6) is 0.401. The highest BCUT2D eigenvalue weighted by molar-refractivity contribution is 7.20. The molecular weight excluding hydrogens is 415 g/mol. The van der Waals surface area contributed by atoms with Gasteiger partial charge in [-0.05, 0) is 43.0 Å². The molecule has 0 fully saturated rings. The molecule has 5 nitrogen and oxygen atoms in total. The van der Waals surface area contributed by atoms with Crippen molar-refractivity contribution in [2.45, 2.75) is 51.9 Å². The lowest BCUT2D eigenvalue weighted by Gasteiger charge is -2.08. The number of rotatable bonds is 3. The van der Waals surface area contributed by atoms with Crippen molar-refractivity contribution in [3.63, 3.8) is 0 Å². The Morgan fingerprint density at radius 3 is 2.63 bits per heavy atom. The van der Waals surface area contributed by atoms with Crippen LogP contribution in [0.1, 0.15) is 51.4 Å². The summed E-state index contributed by atoms with van der Waals surface area (Å²) in [6.07, 6.45) is -0.660. The van der Waals surface area contributed by atoms with E-state index in [1.165, 1.54) is 23.5 Å². The molecule has 4 rings (SSSR count). The van der Waals surface area contributed by atoms with E-state index in [4.69, 9.17) is 0 Å². The first-order valence-corrected chi connectivity index (χ1v) is 10.5. The minimum absolute atomic E-state index is 0.0908. The molecule has 0 radical (unpaired) electrons. The van der Waals surface area contributed by atoms with Gasteiger partial charge in [0.15, 0.2) is 0 Å². The zero-order valence-electron chi connectivity index (χ0n) is 16.3. The van der Waals surface area contributed by atoms with E-state index < -0.39 is 11.7 Å². The molecule has 3 aromatic rings. The number of carbonyl (C=O) groups excluding carboxylic acids is 1. The SMILES string of the molecule is Cc1c(C(=O)NCc2ccc(C(F)(F)F)cc2)sc2nc3n(c(=O)c12)CCCCC3. The van der Waals surface area contributed by atoms with Crippen LogP contribution >= 0.6 is 11.3 Å².